The summed E-state index contributed by atoms with van der Waals surface area (Å²) in [6.07, 6.45) is -0.208. The minimum atomic E-state index is -2.79. The molecule has 1 aromatic carbocycles. The normalized spacial score (nSPS) is 13.7. The molecule has 1 saturated heterocycles. The molecule has 7 N–H and O–H groups in total. The van der Waals surface area contributed by atoms with Crippen LogP contribution in [0.4, 0.5) is 35.2 Å². The van der Waals surface area contributed by atoms with Gasteiger partial charge in [-0.1, -0.05) is 6.07 Å². The van der Waals surface area contributed by atoms with Gasteiger partial charge in [0.25, 0.3) is 12.3 Å². The van der Waals surface area contributed by atoms with Crippen LogP contribution in [0.5, 0.6) is 0 Å². The quantitative estimate of drug-likeness (QED) is 0.261. The molecule has 1 fully saturated rings. The first-order valence-electron chi connectivity index (χ1n) is 9.63. The highest BCUT2D eigenvalue weighted by Crippen LogP contribution is 2.25. The third-order valence-electron chi connectivity index (χ3n) is 4.93. The third kappa shape index (κ3) is 5.46. The molecule has 2 aromatic rings. The maximum absolute atomic E-state index is 13.8. The average Bonchev–Trinajstić information content (AvgIpc) is 2.76. The van der Waals surface area contributed by atoms with Gasteiger partial charge in [-0.15, -0.1) is 0 Å². The number of urea groups is 1. The van der Waals surface area contributed by atoms with E-state index >= 15 is 0 Å². The van der Waals surface area contributed by atoms with E-state index in [1.54, 1.807) is 12.1 Å². The fraction of sp³-hybridized carbons (Fsp3) is 0.250. The van der Waals surface area contributed by atoms with Crippen LogP contribution < -0.4 is 32.5 Å². The number of nitrogens with zero attached hydrogens (tertiary/aromatic N) is 2. The third-order valence-corrected chi connectivity index (χ3v) is 4.93. The predicted molar refractivity (Wildman–Crippen MR) is 113 cm³/mol. The van der Waals surface area contributed by atoms with Gasteiger partial charge in [0.15, 0.2) is 0 Å². The number of benzene rings is 1. The molecule has 1 aromatic heterocycles. The minimum absolute atomic E-state index is 0.221. The van der Waals surface area contributed by atoms with Crippen molar-refractivity contribution in [3.63, 3.8) is 0 Å². The number of hydrogen-bond donors (Lipinski definition) is 5. The number of primary amides is 1. The van der Waals surface area contributed by atoms with Crippen LogP contribution in [0, 0.1) is 5.82 Å². The zero-order valence-corrected chi connectivity index (χ0v) is 16.9. The lowest BCUT2D eigenvalue weighted by atomic mass is 10.0. The van der Waals surface area contributed by atoms with Gasteiger partial charge in [-0.05, 0) is 42.7 Å². The van der Waals surface area contributed by atoms with Gasteiger partial charge in [0.1, 0.15) is 17.3 Å². The highest BCUT2D eigenvalue weighted by molar-refractivity contribution is 5.99. The monoisotopic (exact) mass is 449 g/mol. The van der Waals surface area contributed by atoms with Crippen LogP contribution in [-0.2, 0) is 4.79 Å². The Morgan fingerprint density at radius 3 is 2.38 bits per heavy atom. The summed E-state index contributed by atoms with van der Waals surface area (Å²) in [7, 11) is 0. The number of pyridine rings is 1. The molecule has 3 amide bonds. The van der Waals surface area contributed by atoms with Crippen LogP contribution in [0.3, 0.4) is 0 Å². The minimum Gasteiger partial charge on any atom is -0.364 e. The molecule has 9 nitrogen and oxygen atoms in total. The molecule has 0 spiro atoms. The summed E-state index contributed by atoms with van der Waals surface area (Å²) in [6.45, 7) is 1.18. The van der Waals surface area contributed by atoms with Crippen molar-refractivity contribution in [3.05, 3.63) is 59.2 Å². The van der Waals surface area contributed by atoms with Crippen LogP contribution in [-0.4, -0.2) is 30.0 Å². The van der Waals surface area contributed by atoms with E-state index in [-0.39, 0.29) is 11.4 Å². The van der Waals surface area contributed by atoms with Crippen molar-refractivity contribution in [3.8, 4) is 0 Å². The van der Waals surface area contributed by atoms with E-state index in [9.17, 15) is 22.8 Å². The van der Waals surface area contributed by atoms with Crippen molar-refractivity contribution >= 4 is 29.1 Å². The van der Waals surface area contributed by atoms with E-state index in [1.807, 2.05) is 4.90 Å². The van der Waals surface area contributed by atoms with E-state index in [4.69, 9.17) is 11.6 Å². The van der Waals surface area contributed by atoms with Gasteiger partial charge in [-0.25, -0.2) is 22.9 Å². The number of carbonyl (C=O) groups is 2. The Hall–Kier alpha value is -3.80. The lowest BCUT2D eigenvalue weighted by Crippen LogP contribution is -2.37. The smallest absolute Gasteiger partial charge is 0.323 e. The van der Waals surface area contributed by atoms with Gasteiger partial charge in [-0.3, -0.25) is 10.6 Å². The second-order valence-electron chi connectivity index (χ2n) is 7.00. The standard InChI is InChI=1S/C20H22F3N7O2/c21-14-3-1-12(18(22)23)9-15(14)28-20(32)27-13-2-4-16(26-10-13)30-7-5-11(6-8-30)17(29-25)19(24)31/h1-4,9-10,18,29H,5-8,25H2,(H2,24,31)(H2,27,28,32). The highest BCUT2D eigenvalue weighted by Gasteiger charge is 2.20. The first kappa shape index (κ1) is 22.9. The fourth-order valence-corrected chi connectivity index (χ4v) is 3.31. The number of piperidine rings is 1. The molecule has 0 bridgehead atoms. The Balaban J connectivity index is 1.59. The molecule has 1 aliphatic rings. The average molecular weight is 449 g/mol. The lowest BCUT2D eigenvalue weighted by Gasteiger charge is -2.30. The van der Waals surface area contributed by atoms with E-state index < -0.39 is 29.7 Å². The second kappa shape index (κ2) is 10.0. The molecular formula is C20H22F3N7O2. The number of alkyl halides is 2. The maximum Gasteiger partial charge on any atom is 0.323 e. The molecule has 0 radical (unpaired) electrons. The number of nitrogens with two attached hydrogens (primary N) is 2. The molecule has 0 atom stereocenters. The summed E-state index contributed by atoms with van der Waals surface area (Å²) in [5.41, 5.74) is 8.28. The zero-order chi connectivity index (χ0) is 23.3. The van der Waals surface area contributed by atoms with Crippen molar-refractivity contribution in [2.45, 2.75) is 19.3 Å². The van der Waals surface area contributed by atoms with Gasteiger partial charge in [0, 0.05) is 18.7 Å². The van der Waals surface area contributed by atoms with Crippen molar-refractivity contribution < 1.29 is 22.8 Å². The Kier molecular flexibility index (Phi) is 7.15. The number of amides is 3. The summed E-state index contributed by atoms with van der Waals surface area (Å²) < 4.78 is 39.3. The van der Waals surface area contributed by atoms with Crippen molar-refractivity contribution in [2.24, 2.45) is 11.6 Å². The summed E-state index contributed by atoms with van der Waals surface area (Å²) in [4.78, 5) is 29.8. The van der Waals surface area contributed by atoms with E-state index in [0.29, 0.717) is 37.4 Å². The molecule has 170 valence electrons. The predicted octanol–water partition coefficient (Wildman–Crippen LogP) is 2.61. The molecule has 0 saturated carbocycles. The molecule has 0 aliphatic carbocycles. The number of aromatic nitrogens is 1. The van der Waals surface area contributed by atoms with Gasteiger partial charge in [-0.2, -0.15) is 0 Å². The van der Waals surface area contributed by atoms with Gasteiger partial charge in [0.2, 0.25) is 0 Å². The zero-order valence-electron chi connectivity index (χ0n) is 16.9. The number of hydrazine groups is 1. The molecule has 2 heterocycles. The second-order valence-corrected chi connectivity index (χ2v) is 7.00. The van der Waals surface area contributed by atoms with Crippen LogP contribution >= 0.6 is 0 Å². The molecule has 32 heavy (non-hydrogen) atoms. The fourth-order valence-electron chi connectivity index (χ4n) is 3.31. The number of halogens is 3. The topological polar surface area (TPSA) is 138 Å². The van der Waals surface area contributed by atoms with Crippen molar-refractivity contribution in [2.75, 3.05) is 28.6 Å². The summed E-state index contributed by atoms with van der Waals surface area (Å²) in [5, 5.41) is 4.68. The molecule has 12 heteroatoms. The number of anilines is 3. The summed E-state index contributed by atoms with van der Waals surface area (Å²) >= 11 is 0. The first-order valence-corrected chi connectivity index (χ1v) is 9.63. The van der Waals surface area contributed by atoms with Gasteiger partial charge in [0.05, 0.1) is 17.6 Å². The van der Waals surface area contributed by atoms with Crippen LogP contribution in [0.1, 0.15) is 24.8 Å². The largest absolute Gasteiger partial charge is 0.364 e. The van der Waals surface area contributed by atoms with Crippen molar-refractivity contribution in [1.82, 2.24) is 10.4 Å². The molecular weight excluding hydrogens is 427 g/mol. The Labute approximate surface area is 181 Å². The van der Waals surface area contributed by atoms with E-state index in [2.05, 4.69) is 21.0 Å². The van der Waals surface area contributed by atoms with Gasteiger partial charge >= 0.3 is 6.03 Å². The number of carbonyl (C=O) groups excluding carboxylic acids is 2. The summed E-state index contributed by atoms with van der Waals surface area (Å²) in [5.74, 6) is 4.57. The molecule has 0 unspecified atom stereocenters. The first-order chi connectivity index (χ1) is 15.3. The van der Waals surface area contributed by atoms with Crippen LogP contribution in [0.25, 0.3) is 0 Å². The van der Waals surface area contributed by atoms with Crippen LogP contribution in [0.15, 0.2) is 47.8 Å². The number of nitrogens with one attached hydrogen (secondary N) is 3. The summed E-state index contributed by atoms with van der Waals surface area (Å²) in [6, 6.07) is 5.19. The Morgan fingerprint density at radius 1 is 1.09 bits per heavy atom. The van der Waals surface area contributed by atoms with Crippen molar-refractivity contribution in [1.29, 1.82) is 0 Å². The Bertz CT molecular complexity index is 1020. The van der Waals surface area contributed by atoms with Crippen LogP contribution in [0.2, 0.25) is 0 Å². The number of hydrogen-bond acceptors (Lipinski definition) is 6. The number of rotatable bonds is 6. The molecule has 3 rings (SSSR count). The van der Waals surface area contributed by atoms with E-state index in [0.717, 1.165) is 23.8 Å². The Morgan fingerprint density at radius 2 is 1.81 bits per heavy atom. The van der Waals surface area contributed by atoms with E-state index in [1.165, 1.54) is 6.20 Å². The lowest BCUT2D eigenvalue weighted by molar-refractivity contribution is -0.115. The highest BCUT2D eigenvalue weighted by atomic mass is 19.3. The SMILES string of the molecule is NNC(C(N)=O)=C1CCN(c2ccc(NC(=O)Nc3cc(C(F)F)ccc3F)cn2)CC1. The maximum atomic E-state index is 13.8. The van der Waals surface area contributed by atoms with Gasteiger partial charge < -0.3 is 26.7 Å². The molecule has 1 aliphatic heterocycles.